The molecule has 0 fully saturated rings. The van der Waals surface area contributed by atoms with Crippen LogP contribution in [0.2, 0.25) is 0 Å². The quantitative estimate of drug-likeness (QED) is 0.721. The lowest BCUT2D eigenvalue weighted by atomic mass is 9.91. The molecule has 1 aliphatic rings. The highest BCUT2D eigenvalue weighted by Gasteiger charge is 2.20. The van der Waals surface area contributed by atoms with E-state index < -0.39 is 0 Å². The first kappa shape index (κ1) is 10.7. The van der Waals surface area contributed by atoms with Gasteiger partial charge in [0.2, 0.25) is 0 Å². The van der Waals surface area contributed by atoms with Crippen LogP contribution >= 0.6 is 15.9 Å². The summed E-state index contributed by atoms with van der Waals surface area (Å²) >= 11 is 3.47. The second-order valence-corrected chi connectivity index (χ2v) is 4.73. The van der Waals surface area contributed by atoms with Crippen molar-refractivity contribution in [3.8, 4) is 6.07 Å². The van der Waals surface area contributed by atoms with Gasteiger partial charge in [0.05, 0.1) is 18.6 Å². The van der Waals surface area contributed by atoms with Crippen LogP contribution in [0, 0.1) is 18.3 Å². The number of rotatable bonds is 0. The van der Waals surface area contributed by atoms with Crippen molar-refractivity contribution in [1.29, 1.82) is 5.26 Å². The Hall–Kier alpha value is -0.850. The number of halogens is 1. The summed E-state index contributed by atoms with van der Waals surface area (Å²) in [4.78, 5) is 0. The van der Waals surface area contributed by atoms with Crippen LogP contribution in [0.4, 0.5) is 0 Å². The van der Waals surface area contributed by atoms with E-state index in [9.17, 15) is 0 Å². The summed E-state index contributed by atoms with van der Waals surface area (Å²) in [5.74, 6) is -0.0290. The first-order chi connectivity index (χ1) is 7.22. The van der Waals surface area contributed by atoms with Crippen molar-refractivity contribution in [3.63, 3.8) is 0 Å². The van der Waals surface area contributed by atoms with Crippen LogP contribution in [-0.4, -0.2) is 6.61 Å². The van der Waals surface area contributed by atoms with Crippen LogP contribution in [0.5, 0.6) is 0 Å². The number of nitrogens with zero attached hydrogens (tertiary/aromatic N) is 1. The summed E-state index contributed by atoms with van der Waals surface area (Å²) in [6.07, 6.45) is 0.791. The van der Waals surface area contributed by atoms with Crippen LogP contribution in [0.1, 0.15) is 29.0 Å². The Bertz CT molecular complexity index is 422. The predicted molar refractivity (Wildman–Crippen MR) is 61.5 cm³/mol. The number of fused-ring (bicyclic) bond motifs is 1. The molecular formula is C12H12BrNO. The second-order valence-electron chi connectivity index (χ2n) is 3.81. The fourth-order valence-corrected chi connectivity index (χ4v) is 2.56. The molecule has 0 spiro atoms. The summed E-state index contributed by atoms with van der Waals surface area (Å²) in [5, 5.41) is 9.12. The van der Waals surface area contributed by atoms with Crippen LogP contribution < -0.4 is 0 Å². The molecule has 0 bridgehead atoms. The smallest absolute Gasteiger partial charge is 0.0738 e. The largest absolute Gasteiger partial charge is 0.377 e. The lowest BCUT2D eigenvalue weighted by molar-refractivity contribution is 0.123. The Morgan fingerprint density at radius 1 is 1.53 bits per heavy atom. The van der Waals surface area contributed by atoms with Crippen LogP contribution in [0.3, 0.4) is 0 Å². The van der Waals surface area contributed by atoms with Gasteiger partial charge in [-0.3, -0.25) is 0 Å². The molecule has 2 nitrogen and oxygen atoms in total. The van der Waals surface area contributed by atoms with E-state index in [4.69, 9.17) is 10.00 Å². The van der Waals surface area contributed by atoms with E-state index >= 15 is 0 Å². The zero-order valence-electron chi connectivity index (χ0n) is 8.59. The summed E-state index contributed by atoms with van der Waals surface area (Å²) in [6, 6.07) is 6.47. The van der Waals surface area contributed by atoms with Gasteiger partial charge in [0.1, 0.15) is 0 Å². The summed E-state index contributed by atoms with van der Waals surface area (Å²) < 4.78 is 6.55. The van der Waals surface area contributed by atoms with Gasteiger partial charge < -0.3 is 4.74 Å². The molecule has 2 rings (SSSR count). The number of hydrogen-bond acceptors (Lipinski definition) is 2. The van der Waals surface area contributed by atoms with Crippen LogP contribution in [-0.2, 0) is 11.3 Å². The lowest BCUT2D eigenvalue weighted by Gasteiger charge is -2.12. The molecule has 0 saturated heterocycles. The minimum Gasteiger partial charge on any atom is -0.377 e. The van der Waals surface area contributed by atoms with Crippen molar-refractivity contribution >= 4 is 15.9 Å². The fourth-order valence-electron chi connectivity index (χ4n) is 1.97. The maximum atomic E-state index is 9.12. The maximum Gasteiger partial charge on any atom is 0.0738 e. The molecule has 15 heavy (non-hydrogen) atoms. The van der Waals surface area contributed by atoms with Gasteiger partial charge in [-0.25, -0.2) is 0 Å². The minimum atomic E-state index is -0.0290. The molecule has 0 aromatic heterocycles. The van der Waals surface area contributed by atoms with Crippen molar-refractivity contribution in [2.24, 2.45) is 0 Å². The summed E-state index contributed by atoms with van der Waals surface area (Å²) in [6.45, 7) is 3.36. The third-order valence-electron chi connectivity index (χ3n) is 2.80. The Labute approximate surface area is 98.0 Å². The van der Waals surface area contributed by atoms with Crippen molar-refractivity contribution in [3.05, 3.63) is 33.3 Å². The molecule has 1 atom stereocenters. The Morgan fingerprint density at radius 3 is 3.07 bits per heavy atom. The van der Waals surface area contributed by atoms with Crippen molar-refractivity contribution in [2.45, 2.75) is 25.9 Å². The van der Waals surface area contributed by atoms with Gasteiger partial charge in [-0.1, -0.05) is 15.9 Å². The van der Waals surface area contributed by atoms with Gasteiger partial charge in [-0.05, 0) is 42.2 Å². The van der Waals surface area contributed by atoms with E-state index in [-0.39, 0.29) is 5.92 Å². The lowest BCUT2D eigenvalue weighted by Crippen LogP contribution is -2.00. The molecule has 1 aromatic carbocycles. The van der Waals surface area contributed by atoms with Gasteiger partial charge >= 0.3 is 0 Å². The van der Waals surface area contributed by atoms with E-state index in [1.54, 1.807) is 0 Å². The molecular weight excluding hydrogens is 254 g/mol. The topological polar surface area (TPSA) is 33.0 Å². The minimum absolute atomic E-state index is 0.0290. The van der Waals surface area contributed by atoms with Gasteiger partial charge in [-0.15, -0.1) is 0 Å². The highest BCUT2D eigenvalue weighted by atomic mass is 79.9. The van der Waals surface area contributed by atoms with E-state index in [2.05, 4.69) is 35.0 Å². The summed E-state index contributed by atoms with van der Waals surface area (Å²) in [5.41, 5.74) is 3.51. The molecule has 0 amide bonds. The number of aryl methyl sites for hydroxylation is 1. The third kappa shape index (κ3) is 2.06. The van der Waals surface area contributed by atoms with Crippen molar-refractivity contribution in [1.82, 2.24) is 0 Å². The maximum absolute atomic E-state index is 9.12. The van der Waals surface area contributed by atoms with Gasteiger partial charge in [0, 0.05) is 11.1 Å². The SMILES string of the molecule is Cc1cc(Br)cc2c1COCCC2C#N. The normalized spacial score (nSPS) is 20.2. The summed E-state index contributed by atoms with van der Waals surface area (Å²) in [7, 11) is 0. The molecule has 1 unspecified atom stereocenters. The number of ether oxygens (including phenoxy) is 1. The molecule has 78 valence electrons. The molecule has 1 aliphatic heterocycles. The monoisotopic (exact) mass is 265 g/mol. The highest BCUT2D eigenvalue weighted by Crippen LogP contribution is 2.31. The van der Waals surface area contributed by atoms with Crippen molar-refractivity contribution < 1.29 is 4.74 Å². The average molecular weight is 266 g/mol. The van der Waals surface area contributed by atoms with Gasteiger partial charge in [0.15, 0.2) is 0 Å². The number of nitriles is 1. The zero-order valence-corrected chi connectivity index (χ0v) is 10.2. The van der Waals surface area contributed by atoms with Crippen LogP contribution in [0.25, 0.3) is 0 Å². The van der Waals surface area contributed by atoms with E-state index in [1.165, 1.54) is 11.1 Å². The molecule has 3 heteroatoms. The molecule has 0 N–H and O–H groups in total. The van der Waals surface area contributed by atoms with E-state index in [1.807, 2.05) is 6.07 Å². The first-order valence-electron chi connectivity index (χ1n) is 4.98. The molecule has 0 saturated carbocycles. The number of benzene rings is 1. The fraction of sp³-hybridized carbons (Fsp3) is 0.417. The molecule has 1 aromatic rings. The predicted octanol–water partition coefficient (Wildman–Crippen LogP) is 3.29. The number of hydrogen-bond donors (Lipinski definition) is 0. The average Bonchev–Trinajstić information content (AvgIpc) is 2.39. The highest BCUT2D eigenvalue weighted by molar-refractivity contribution is 9.10. The van der Waals surface area contributed by atoms with E-state index in [0.29, 0.717) is 13.2 Å². The molecule has 0 aliphatic carbocycles. The zero-order chi connectivity index (χ0) is 10.8. The second kappa shape index (κ2) is 4.34. The van der Waals surface area contributed by atoms with Crippen LogP contribution in [0.15, 0.2) is 16.6 Å². The Kier molecular flexibility index (Phi) is 3.08. The Balaban J connectivity index is 2.56. The third-order valence-corrected chi connectivity index (χ3v) is 3.26. The Morgan fingerprint density at radius 2 is 2.33 bits per heavy atom. The molecule has 1 heterocycles. The van der Waals surface area contributed by atoms with Gasteiger partial charge in [0.25, 0.3) is 0 Å². The molecule has 0 radical (unpaired) electrons. The van der Waals surface area contributed by atoms with E-state index in [0.717, 1.165) is 16.5 Å². The van der Waals surface area contributed by atoms with Gasteiger partial charge in [-0.2, -0.15) is 5.26 Å². The standard InChI is InChI=1S/C12H12BrNO/c1-8-4-10(13)5-11-9(6-14)2-3-15-7-12(8)11/h4-5,9H,2-3,7H2,1H3. The first-order valence-corrected chi connectivity index (χ1v) is 5.78. The van der Waals surface area contributed by atoms with Crippen molar-refractivity contribution in [2.75, 3.05) is 6.61 Å².